The first-order valence-electron chi connectivity index (χ1n) is 6.86. The lowest BCUT2D eigenvalue weighted by molar-refractivity contribution is 0.445. The maximum Gasteiger partial charge on any atom is 0.244 e. The first-order chi connectivity index (χ1) is 10.1. The highest BCUT2D eigenvalue weighted by atomic mass is 32.2. The predicted molar refractivity (Wildman–Crippen MR) is 84.1 cm³/mol. The molecule has 2 rings (SSSR count). The van der Waals surface area contributed by atoms with Crippen LogP contribution >= 0.6 is 0 Å². The van der Waals surface area contributed by atoms with E-state index in [1.165, 1.54) is 10.5 Å². The third kappa shape index (κ3) is 3.59. The summed E-state index contributed by atoms with van der Waals surface area (Å²) in [5.74, 6) is 0.611. The minimum absolute atomic E-state index is 0.213. The molecule has 21 heavy (non-hydrogen) atoms. The van der Waals surface area contributed by atoms with Crippen LogP contribution in [0.5, 0.6) is 0 Å². The molecule has 1 aromatic heterocycles. The predicted octanol–water partition coefficient (Wildman–Crippen LogP) is 2.86. The molecule has 0 saturated carbocycles. The summed E-state index contributed by atoms with van der Waals surface area (Å²) < 4.78 is 26.1. The molecular weight excluding hydrogens is 286 g/mol. The third-order valence-corrected chi connectivity index (χ3v) is 5.16. The van der Waals surface area contributed by atoms with Crippen LogP contribution < -0.4 is 5.32 Å². The number of sulfonamides is 1. The van der Waals surface area contributed by atoms with E-state index in [-0.39, 0.29) is 4.90 Å². The van der Waals surface area contributed by atoms with Gasteiger partial charge in [0.1, 0.15) is 10.7 Å². The molecule has 0 spiro atoms. The van der Waals surface area contributed by atoms with Crippen molar-refractivity contribution in [1.82, 2.24) is 9.29 Å². The summed E-state index contributed by atoms with van der Waals surface area (Å²) in [4.78, 5) is 4.39. The van der Waals surface area contributed by atoms with Crippen LogP contribution in [-0.2, 0) is 10.0 Å². The number of rotatable bonds is 6. The van der Waals surface area contributed by atoms with E-state index in [2.05, 4.69) is 10.3 Å². The van der Waals surface area contributed by atoms with Crippen LogP contribution in [0.15, 0.2) is 53.6 Å². The van der Waals surface area contributed by atoms with Crippen LogP contribution in [0.2, 0.25) is 0 Å². The molecular formula is C15H19N3O2S. The van der Waals surface area contributed by atoms with Gasteiger partial charge in [0.25, 0.3) is 0 Å². The van der Waals surface area contributed by atoms with E-state index in [0.29, 0.717) is 18.9 Å². The molecule has 1 aromatic carbocycles. The molecule has 6 heteroatoms. The summed E-state index contributed by atoms with van der Waals surface area (Å²) >= 11 is 0. The molecule has 0 fully saturated rings. The van der Waals surface area contributed by atoms with Crippen LogP contribution in [0.1, 0.15) is 13.8 Å². The number of nitrogens with zero attached hydrogens (tertiary/aromatic N) is 2. The lowest BCUT2D eigenvalue weighted by Gasteiger charge is -2.18. The zero-order valence-electron chi connectivity index (χ0n) is 12.2. The Labute approximate surface area is 125 Å². The van der Waals surface area contributed by atoms with Crippen molar-refractivity contribution in [1.29, 1.82) is 0 Å². The molecule has 0 unspecified atom stereocenters. The average molecular weight is 305 g/mol. The molecule has 0 aliphatic heterocycles. The second kappa shape index (κ2) is 6.69. The van der Waals surface area contributed by atoms with Gasteiger partial charge in [0.05, 0.1) is 0 Å². The van der Waals surface area contributed by atoms with E-state index in [4.69, 9.17) is 0 Å². The molecule has 5 nitrogen and oxygen atoms in total. The second-order valence-electron chi connectivity index (χ2n) is 4.46. The van der Waals surface area contributed by atoms with E-state index in [0.717, 1.165) is 5.69 Å². The molecule has 1 heterocycles. The van der Waals surface area contributed by atoms with Gasteiger partial charge in [-0.2, -0.15) is 4.31 Å². The topological polar surface area (TPSA) is 62.3 Å². The van der Waals surface area contributed by atoms with Gasteiger partial charge in [0.15, 0.2) is 0 Å². The summed E-state index contributed by atoms with van der Waals surface area (Å²) in [6.45, 7) is 4.53. The Hall–Kier alpha value is -1.92. The number of anilines is 2. The monoisotopic (exact) mass is 305 g/mol. The van der Waals surface area contributed by atoms with E-state index < -0.39 is 10.0 Å². The normalized spacial score (nSPS) is 11.6. The number of nitrogens with one attached hydrogen (secondary N) is 1. The highest BCUT2D eigenvalue weighted by molar-refractivity contribution is 7.89. The van der Waals surface area contributed by atoms with Gasteiger partial charge >= 0.3 is 0 Å². The van der Waals surface area contributed by atoms with Gasteiger partial charge in [-0.15, -0.1) is 0 Å². The van der Waals surface area contributed by atoms with Gasteiger partial charge in [-0.25, -0.2) is 13.4 Å². The fraction of sp³-hybridized carbons (Fsp3) is 0.267. The Morgan fingerprint density at radius 1 is 1.05 bits per heavy atom. The zero-order valence-corrected chi connectivity index (χ0v) is 13.0. The number of aromatic nitrogens is 1. The zero-order chi connectivity index (χ0) is 15.3. The number of hydrogen-bond donors (Lipinski definition) is 1. The lowest BCUT2D eigenvalue weighted by Crippen LogP contribution is -2.30. The van der Waals surface area contributed by atoms with Crippen molar-refractivity contribution in [2.75, 3.05) is 18.4 Å². The number of pyridine rings is 1. The van der Waals surface area contributed by atoms with E-state index in [1.807, 2.05) is 44.2 Å². The Balaban J connectivity index is 2.19. The molecule has 2 aromatic rings. The van der Waals surface area contributed by atoms with Crippen LogP contribution in [0.25, 0.3) is 0 Å². The SMILES string of the molecule is CCN(CC)S(=O)(=O)c1ccc(Nc2ccccc2)nc1. The Kier molecular flexibility index (Phi) is 4.93. The van der Waals surface area contributed by atoms with Gasteiger partial charge in [0, 0.05) is 25.0 Å². The summed E-state index contributed by atoms with van der Waals surface area (Å²) in [5.41, 5.74) is 0.907. The van der Waals surface area contributed by atoms with Crippen molar-refractivity contribution in [3.63, 3.8) is 0 Å². The van der Waals surface area contributed by atoms with Crippen LogP contribution in [0.3, 0.4) is 0 Å². The lowest BCUT2D eigenvalue weighted by atomic mass is 10.3. The molecule has 0 saturated heterocycles. The van der Waals surface area contributed by atoms with Crippen molar-refractivity contribution in [3.05, 3.63) is 48.7 Å². The van der Waals surface area contributed by atoms with Crippen molar-refractivity contribution in [2.24, 2.45) is 0 Å². The maximum absolute atomic E-state index is 12.3. The molecule has 112 valence electrons. The minimum Gasteiger partial charge on any atom is -0.340 e. The Morgan fingerprint density at radius 2 is 1.71 bits per heavy atom. The first-order valence-corrected chi connectivity index (χ1v) is 8.30. The number of benzene rings is 1. The maximum atomic E-state index is 12.3. The molecule has 0 bridgehead atoms. The molecule has 0 aliphatic rings. The van der Waals surface area contributed by atoms with Crippen LogP contribution in [0.4, 0.5) is 11.5 Å². The first kappa shape index (κ1) is 15.5. The van der Waals surface area contributed by atoms with Crippen LogP contribution in [-0.4, -0.2) is 30.8 Å². The van der Waals surface area contributed by atoms with Gasteiger partial charge in [-0.3, -0.25) is 0 Å². The smallest absolute Gasteiger partial charge is 0.244 e. The van der Waals surface area contributed by atoms with E-state index >= 15 is 0 Å². The van der Waals surface area contributed by atoms with E-state index in [1.54, 1.807) is 12.1 Å². The third-order valence-electron chi connectivity index (χ3n) is 3.13. The van der Waals surface area contributed by atoms with Crippen molar-refractivity contribution in [3.8, 4) is 0 Å². The van der Waals surface area contributed by atoms with Crippen molar-refractivity contribution >= 4 is 21.5 Å². The van der Waals surface area contributed by atoms with Gasteiger partial charge in [-0.1, -0.05) is 32.0 Å². The average Bonchev–Trinajstić information content (AvgIpc) is 2.50. The highest BCUT2D eigenvalue weighted by Gasteiger charge is 2.21. The quantitative estimate of drug-likeness (QED) is 0.891. The van der Waals surface area contributed by atoms with Crippen molar-refractivity contribution in [2.45, 2.75) is 18.7 Å². The summed E-state index contributed by atoms with van der Waals surface area (Å²) in [5, 5.41) is 3.12. The Morgan fingerprint density at radius 3 is 2.24 bits per heavy atom. The summed E-state index contributed by atoms with van der Waals surface area (Å²) in [6, 6.07) is 12.8. The molecule has 1 N–H and O–H groups in total. The van der Waals surface area contributed by atoms with Gasteiger partial charge in [-0.05, 0) is 24.3 Å². The Bertz CT molecular complexity index is 666. The number of hydrogen-bond acceptors (Lipinski definition) is 4. The van der Waals surface area contributed by atoms with Crippen LogP contribution in [0, 0.1) is 0 Å². The summed E-state index contributed by atoms with van der Waals surface area (Å²) in [6.07, 6.45) is 1.39. The fourth-order valence-corrected chi connectivity index (χ4v) is 3.39. The number of para-hydroxylation sites is 1. The largest absolute Gasteiger partial charge is 0.340 e. The summed E-state index contributed by atoms with van der Waals surface area (Å²) in [7, 11) is -3.45. The van der Waals surface area contributed by atoms with Gasteiger partial charge < -0.3 is 5.32 Å². The van der Waals surface area contributed by atoms with E-state index in [9.17, 15) is 8.42 Å². The molecule has 0 atom stereocenters. The van der Waals surface area contributed by atoms with Crippen molar-refractivity contribution < 1.29 is 8.42 Å². The molecule has 0 aliphatic carbocycles. The second-order valence-corrected chi connectivity index (χ2v) is 6.40. The molecule has 0 radical (unpaired) electrons. The molecule has 0 amide bonds. The standard InChI is InChI=1S/C15H19N3O2S/c1-3-18(4-2)21(19,20)14-10-11-15(16-12-14)17-13-8-6-5-7-9-13/h5-12H,3-4H2,1-2H3,(H,16,17). The minimum atomic E-state index is -3.45. The highest BCUT2D eigenvalue weighted by Crippen LogP contribution is 2.18. The fourth-order valence-electron chi connectivity index (χ4n) is 1.99. The van der Waals surface area contributed by atoms with Gasteiger partial charge in [0.2, 0.25) is 10.0 Å².